The molecule has 0 bridgehead atoms. The van der Waals surface area contributed by atoms with E-state index in [2.05, 4.69) is 44.9 Å². The molecule has 0 aliphatic carbocycles. The zero-order valence-corrected chi connectivity index (χ0v) is 34.9. The summed E-state index contributed by atoms with van der Waals surface area (Å²) in [5.41, 5.74) is 24.4. The number of rotatable bonds is 4. The number of hydrogen-bond donors (Lipinski definition) is 8. The number of nitrogens with zero attached hydrogens (tertiary/aromatic N) is 6. The Hall–Kier alpha value is -3.68. The van der Waals surface area contributed by atoms with Crippen LogP contribution in [-0.2, 0) is 19.2 Å². The summed E-state index contributed by atoms with van der Waals surface area (Å²) in [6.07, 6.45) is 4.76. The Morgan fingerprint density at radius 1 is 0.630 bits per heavy atom. The fourth-order valence-electron chi connectivity index (χ4n) is 8.13. The molecule has 18 heteroatoms. The Morgan fingerprint density at radius 3 is 1.37 bits per heavy atom. The molecule has 2 saturated heterocycles. The Morgan fingerprint density at radius 2 is 1.07 bits per heavy atom. The molecule has 4 aliphatic heterocycles. The maximum absolute atomic E-state index is 11.4. The maximum atomic E-state index is 11.4. The van der Waals surface area contributed by atoms with Gasteiger partial charge in [-0.2, -0.15) is 10.1 Å². The van der Waals surface area contributed by atoms with E-state index < -0.39 is 45.8 Å². The van der Waals surface area contributed by atoms with Crippen molar-refractivity contribution in [1.82, 2.24) is 20.8 Å². The lowest BCUT2D eigenvalue weighted by Gasteiger charge is -2.35. The van der Waals surface area contributed by atoms with Crippen molar-refractivity contribution in [2.24, 2.45) is 32.3 Å². The van der Waals surface area contributed by atoms with Crippen molar-refractivity contribution in [2.75, 3.05) is 0 Å². The Balaban J connectivity index is 0.000000360. The molecule has 54 heavy (non-hydrogen) atoms. The van der Waals surface area contributed by atoms with Gasteiger partial charge in [-0.1, -0.05) is 12.2 Å². The van der Waals surface area contributed by atoms with Crippen LogP contribution < -0.4 is 10.6 Å². The number of amides is 4. The van der Waals surface area contributed by atoms with E-state index in [0.717, 1.165) is 11.5 Å². The smallest absolute Gasteiger partial charge is 0.292 e. The van der Waals surface area contributed by atoms with Crippen molar-refractivity contribution in [2.45, 2.75) is 168 Å². The van der Waals surface area contributed by atoms with Gasteiger partial charge >= 0.3 is 0 Å². The molecule has 0 aromatic carbocycles. The van der Waals surface area contributed by atoms with E-state index in [1.807, 2.05) is 61.5 Å². The first-order valence-corrected chi connectivity index (χ1v) is 17.7. The second kappa shape index (κ2) is 16.2. The maximum Gasteiger partial charge on any atom is 0.292 e. The fourth-order valence-corrected chi connectivity index (χ4v) is 8.13. The van der Waals surface area contributed by atoms with Gasteiger partial charge in [0.05, 0.1) is 28.5 Å². The first kappa shape index (κ1) is 48.3. The molecule has 4 aliphatic rings. The van der Waals surface area contributed by atoms with Crippen molar-refractivity contribution in [1.29, 1.82) is 22.1 Å². The highest BCUT2D eigenvalue weighted by atomic mass is 16.5. The second-order valence-electron chi connectivity index (χ2n) is 18.9. The van der Waals surface area contributed by atoms with E-state index >= 15 is 0 Å². The van der Waals surface area contributed by atoms with Crippen molar-refractivity contribution in [3.8, 4) is 0 Å². The van der Waals surface area contributed by atoms with Crippen LogP contribution in [-0.4, -0.2) is 88.5 Å². The van der Waals surface area contributed by atoms with Gasteiger partial charge in [0.25, 0.3) is 23.6 Å². The molecule has 4 amide bonds. The van der Waals surface area contributed by atoms with Gasteiger partial charge in [0, 0.05) is 38.8 Å². The van der Waals surface area contributed by atoms with E-state index in [1.54, 1.807) is 47.6 Å². The minimum Gasteiger partial charge on any atom is -0.313 e. The molecule has 2 unspecified atom stereocenters. The zero-order chi connectivity index (χ0) is 42.8. The Labute approximate surface area is 319 Å². The summed E-state index contributed by atoms with van der Waals surface area (Å²) in [5.74, 6) is -2.40. The second-order valence-corrected chi connectivity index (χ2v) is 18.9. The highest BCUT2D eigenvalue weighted by Gasteiger charge is 2.54. The predicted octanol–water partition coefficient (Wildman–Crippen LogP) is 6.89. The lowest BCUT2D eigenvalue weighted by atomic mass is 9.86. The van der Waals surface area contributed by atoms with Gasteiger partial charge in [0.15, 0.2) is 0 Å². The molecule has 8 N–H and O–H groups in total. The molecular weight excluding hydrogens is 696 g/mol. The van der Waals surface area contributed by atoms with Crippen molar-refractivity contribution in [3.05, 3.63) is 23.3 Å². The molecule has 0 radical (unpaired) electrons. The molecule has 18 nitrogen and oxygen atoms in total. The van der Waals surface area contributed by atoms with Gasteiger partial charge in [-0.15, -0.1) is 20.5 Å². The normalized spacial score (nSPS) is 27.1. The van der Waals surface area contributed by atoms with Crippen LogP contribution in [0.1, 0.15) is 124 Å². The van der Waals surface area contributed by atoms with E-state index in [4.69, 9.17) is 22.1 Å². The SMILES string of the molecule is CC1(C)C=C(C(=O)N=N)C(C)(C)N1.CC1(C)C=C(C(=O)N=N)C(C)(C)N1O.CC1(C)CC(C(=O)N=N)C(C)(C)N1.CC1(C)CC(C(=O)N=N)C(C)(C)N1O. The van der Waals surface area contributed by atoms with Gasteiger partial charge in [-0.3, -0.25) is 24.5 Å². The number of carbonyl (C=O) groups excluding carboxylic acids is 4. The minimum atomic E-state index is -0.787. The molecule has 304 valence electrons. The number of hydroxylamine groups is 4. The largest absolute Gasteiger partial charge is 0.313 e. The summed E-state index contributed by atoms with van der Waals surface area (Å²) in [7, 11) is 0. The third kappa shape index (κ3) is 10.8. The summed E-state index contributed by atoms with van der Waals surface area (Å²) in [6, 6.07) is 0. The van der Waals surface area contributed by atoms with E-state index in [9.17, 15) is 29.6 Å². The van der Waals surface area contributed by atoms with Crippen LogP contribution in [0.15, 0.2) is 43.8 Å². The summed E-state index contributed by atoms with van der Waals surface area (Å²) in [5, 5.41) is 40.4. The third-order valence-corrected chi connectivity index (χ3v) is 10.4. The van der Waals surface area contributed by atoms with Crippen molar-refractivity contribution in [3.63, 3.8) is 0 Å². The van der Waals surface area contributed by atoms with Crippen LogP contribution >= 0.6 is 0 Å². The Bertz CT molecular complexity index is 1590. The molecular formula is C36H64N12O6. The average molecular weight is 761 g/mol. The number of carbonyl (C=O) groups is 4. The highest BCUT2D eigenvalue weighted by molar-refractivity contribution is 5.97. The zero-order valence-electron chi connectivity index (χ0n) is 34.9. The standard InChI is InChI=1S/C9H17N3O2.C9H15N3O2.C9H17N3O.C9H15N3O/c2*1-8(2)5-6(7(13)11-10)9(3,4)12(8)14;2*1-8(2)5-6(7(13)11-10)9(3,4)12-8/h6,10,14H,5H2,1-4H3;5,10,14H,1-4H3;6,10,12H,5H2,1-4H3;5,10,12H,1-4H3. The molecule has 2 atom stereocenters. The Kier molecular flexibility index (Phi) is 14.5. The van der Waals surface area contributed by atoms with Crippen LogP contribution in [0, 0.1) is 34.0 Å². The summed E-state index contributed by atoms with van der Waals surface area (Å²) in [4.78, 5) is 45.3. The average Bonchev–Trinajstić information content (AvgIpc) is 3.55. The highest BCUT2D eigenvalue weighted by Crippen LogP contribution is 2.44. The number of hydrogen-bond acceptors (Lipinski definition) is 14. The molecule has 0 saturated carbocycles. The third-order valence-electron chi connectivity index (χ3n) is 10.4. The quantitative estimate of drug-likeness (QED) is 0.137. The molecule has 4 rings (SSSR count). The fraction of sp³-hybridized carbons (Fsp3) is 0.778. The lowest BCUT2D eigenvalue weighted by molar-refractivity contribution is -0.197. The topological polar surface area (TPSA) is 284 Å². The van der Waals surface area contributed by atoms with Crippen molar-refractivity contribution < 1.29 is 29.6 Å². The van der Waals surface area contributed by atoms with Gasteiger partial charge < -0.3 is 15.7 Å². The van der Waals surface area contributed by atoms with Gasteiger partial charge in [-0.25, -0.2) is 22.1 Å². The van der Waals surface area contributed by atoms with Gasteiger partial charge in [0.1, 0.15) is 0 Å². The first-order valence-electron chi connectivity index (χ1n) is 17.7. The molecule has 0 aromatic heterocycles. The first-order chi connectivity index (χ1) is 24.0. The minimum absolute atomic E-state index is 0.0332. The van der Waals surface area contributed by atoms with Crippen LogP contribution in [0.2, 0.25) is 0 Å². The predicted molar refractivity (Wildman–Crippen MR) is 199 cm³/mol. The van der Waals surface area contributed by atoms with Crippen LogP contribution in [0.3, 0.4) is 0 Å². The lowest BCUT2D eigenvalue weighted by Crippen LogP contribution is -2.48. The molecule has 0 spiro atoms. The van der Waals surface area contributed by atoms with Crippen LogP contribution in [0.4, 0.5) is 0 Å². The monoisotopic (exact) mass is 761 g/mol. The van der Waals surface area contributed by atoms with E-state index in [1.165, 1.54) is 5.06 Å². The number of nitrogens with one attached hydrogen (secondary N) is 6. The van der Waals surface area contributed by atoms with E-state index in [-0.39, 0.29) is 34.0 Å². The summed E-state index contributed by atoms with van der Waals surface area (Å²) in [6.45, 7) is 30.2. The summed E-state index contributed by atoms with van der Waals surface area (Å²) >= 11 is 0. The van der Waals surface area contributed by atoms with Crippen molar-refractivity contribution >= 4 is 23.6 Å². The summed E-state index contributed by atoms with van der Waals surface area (Å²) < 4.78 is 0. The molecule has 4 heterocycles. The van der Waals surface area contributed by atoms with E-state index in [0.29, 0.717) is 17.6 Å². The van der Waals surface area contributed by atoms with Crippen LogP contribution in [0.5, 0.6) is 0 Å². The molecule has 2 fully saturated rings. The molecule has 0 aromatic rings. The van der Waals surface area contributed by atoms with Crippen LogP contribution in [0.25, 0.3) is 0 Å². The van der Waals surface area contributed by atoms with Gasteiger partial charge in [-0.05, 0) is 124 Å². The van der Waals surface area contributed by atoms with Gasteiger partial charge in [0.2, 0.25) is 0 Å².